The fourth-order valence-corrected chi connectivity index (χ4v) is 3.99. The van der Waals surface area contributed by atoms with Gasteiger partial charge in [-0.2, -0.15) is 11.8 Å². The molecule has 1 fully saturated rings. The van der Waals surface area contributed by atoms with Crippen LogP contribution in [0, 0.1) is 6.92 Å². The van der Waals surface area contributed by atoms with E-state index in [0.717, 1.165) is 29.3 Å². The molecule has 0 aromatic carbocycles. The third-order valence-corrected chi connectivity index (χ3v) is 4.86. The maximum atomic E-state index is 10.3. The summed E-state index contributed by atoms with van der Waals surface area (Å²) in [6, 6.07) is 0. The third-order valence-electron chi connectivity index (χ3n) is 2.45. The second-order valence-electron chi connectivity index (χ2n) is 4.11. The van der Waals surface area contributed by atoms with Gasteiger partial charge in [0.15, 0.2) is 0 Å². The van der Waals surface area contributed by atoms with Gasteiger partial charge in [-0.3, -0.25) is 0 Å². The van der Waals surface area contributed by atoms with Crippen molar-refractivity contribution >= 4 is 23.1 Å². The number of hydrogen-bond acceptors (Lipinski definition) is 4. The Morgan fingerprint density at radius 1 is 1.71 bits per heavy atom. The fourth-order valence-electron chi connectivity index (χ4n) is 1.84. The zero-order chi connectivity index (χ0) is 10.2. The van der Waals surface area contributed by atoms with E-state index in [1.54, 1.807) is 11.3 Å². The average molecular weight is 229 g/mol. The lowest BCUT2D eigenvalue weighted by Gasteiger charge is -2.19. The van der Waals surface area contributed by atoms with Crippen molar-refractivity contribution in [2.45, 2.75) is 37.5 Å². The van der Waals surface area contributed by atoms with E-state index >= 15 is 0 Å². The first kappa shape index (κ1) is 10.5. The molecule has 4 heteroatoms. The number of aliphatic hydroxyl groups is 1. The van der Waals surface area contributed by atoms with Gasteiger partial charge in [0.25, 0.3) is 0 Å². The van der Waals surface area contributed by atoms with Gasteiger partial charge in [0.05, 0.1) is 10.6 Å². The first-order chi connectivity index (χ1) is 6.57. The molecule has 1 saturated heterocycles. The smallest absolute Gasteiger partial charge is 0.0957 e. The van der Waals surface area contributed by atoms with E-state index in [1.807, 2.05) is 24.1 Å². The van der Waals surface area contributed by atoms with Gasteiger partial charge < -0.3 is 5.11 Å². The van der Waals surface area contributed by atoms with Crippen LogP contribution in [0.25, 0.3) is 0 Å². The van der Waals surface area contributed by atoms with Crippen LogP contribution in [0.5, 0.6) is 0 Å². The molecule has 2 nitrogen and oxygen atoms in total. The summed E-state index contributed by atoms with van der Waals surface area (Å²) in [6.07, 6.45) is 1.62. The molecule has 0 amide bonds. The molecule has 78 valence electrons. The predicted molar refractivity (Wildman–Crippen MR) is 62.0 cm³/mol. The first-order valence-corrected chi connectivity index (χ1v) is 6.75. The van der Waals surface area contributed by atoms with Crippen LogP contribution in [-0.2, 0) is 6.42 Å². The van der Waals surface area contributed by atoms with Crippen molar-refractivity contribution < 1.29 is 5.11 Å². The van der Waals surface area contributed by atoms with Crippen molar-refractivity contribution in [2.24, 2.45) is 0 Å². The molecule has 2 rings (SSSR count). The van der Waals surface area contributed by atoms with Crippen LogP contribution >= 0.6 is 23.1 Å². The van der Waals surface area contributed by atoms with E-state index in [9.17, 15) is 5.11 Å². The molecular formula is C10H15NOS2. The highest BCUT2D eigenvalue weighted by Gasteiger charge is 2.36. The minimum atomic E-state index is -0.506. The molecular weight excluding hydrogens is 214 g/mol. The molecule has 1 N–H and O–H groups in total. The Bertz CT molecular complexity index is 326. The van der Waals surface area contributed by atoms with Gasteiger partial charge in [-0.15, -0.1) is 11.3 Å². The normalized spacial score (nSPS) is 32.4. The van der Waals surface area contributed by atoms with E-state index < -0.39 is 5.60 Å². The highest BCUT2D eigenvalue weighted by Crippen LogP contribution is 2.36. The molecule has 14 heavy (non-hydrogen) atoms. The molecule has 0 bridgehead atoms. The van der Waals surface area contributed by atoms with E-state index in [4.69, 9.17) is 0 Å². The van der Waals surface area contributed by atoms with Crippen molar-refractivity contribution in [3.8, 4) is 0 Å². The molecule has 0 saturated carbocycles. The maximum Gasteiger partial charge on any atom is 0.0957 e. The van der Waals surface area contributed by atoms with Gasteiger partial charge in [0, 0.05) is 28.5 Å². The number of aromatic nitrogens is 1. The summed E-state index contributed by atoms with van der Waals surface area (Å²) in [5.41, 5.74) is 0.557. The lowest BCUT2D eigenvalue weighted by atomic mass is 9.97. The predicted octanol–water partition coefficient (Wildman–Crippen LogP) is 2.25. The second-order valence-corrected chi connectivity index (χ2v) is 6.48. The minimum absolute atomic E-state index is 0.506. The Kier molecular flexibility index (Phi) is 2.86. The summed E-state index contributed by atoms with van der Waals surface area (Å²) in [5.74, 6) is 0.854. The standard InChI is InChI=1S/C10H15NOS2/c1-7-5-13-9(11-7)4-10(12)3-8(2)14-6-10/h5,8,12H,3-4,6H2,1-2H3. The average Bonchev–Trinajstić information content (AvgIpc) is 2.60. The Morgan fingerprint density at radius 3 is 3.00 bits per heavy atom. The summed E-state index contributed by atoms with van der Waals surface area (Å²) in [5, 5.41) is 14.0. The monoisotopic (exact) mass is 229 g/mol. The summed E-state index contributed by atoms with van der Waals surface area (Å²) in [4.78, 5) is 4.39. The van der Waals surface area contributed by atoms with Crippen LogP contribution in [0.4, 0.5) is 0 Å². The number of aryl methyl sites for hydroxylation is 1. The summed E-state index contributed by atoms with van der Waals surface area (Å²) >= 11 is 3.51. The number of thiazole rings is 1. The van der Waals surface area contributed by atoms with Crippen LogP contribution in [0.3, 0.4) is 0 Å². The van der Waals surface area contributed by atoms with Gasteiger partial charge in [-0.1, -0.05) is 6.92 Å². The number of hydrogen-bond donors (Lipinski definition) is 1. The minimum Gasteiger partial charge on any atom is -0.389 e. The lowest BCUT2D eigenvalue weighted by Crippen LogP contribution is -2.31. The summed E-state index contributed by atoms with van der Waals surface area (Å²) < 4.78 is 0. The highest BCUT2D eigenvalue weighted by atomic mass is 32.2. The molecule has 1 aliphatic rings. The Labute approximate surface area is 92.8 Å². The fraction of sp³-hybridized carbons (Fsp3) is 0.700. The number of thioether (sulfide) groups is 1. The van der Waals surface area contributed by atoms with Crippen molar-refractivity contribution in [3.05, 3.63) is 16.1 Å². The van der Waals surface area contributed by atoms with Crippen LogP contribution in [-0.4, -0.2) is 26.7 Å². The second kappa shape index (κ2) is 3.83. The molecule has 1 aliphatic heterocycles. The van der Waals surface area contributed by atoms with Crippen molar-refractivity contribution in [2.75, 3.05) is 5.75 Å². The van der Waals surface area contributed by atoms with Crippen molar-refractivity contribution in [3.63, 3.8) is 0 Å². The molecule has 0 aliphatic carbocycles. The zero-order valence-electron chi connectivity index (χ0n) is 8.49. The SMILES string of the molecule is Cc1csc(CC2(O)CSC(C)C2)n1. The van der Waals surface area contributed by atoms with E-state index in [2.05, 4.69) is 11.9 Å². The van der Waals surface area contributed by atoms with Crippen molar-refractivity contribution in [1.82, 2.24) is 4.98 Å². The third kappa shape index (κ3) is 2.30. The van der Waals surface area contributed by atoms with E-state index in [0.29, 0.717) is 5.25 Å². The first-order valence-electron chi connectivity index (χ1n) is 4.82. The highest BCUT2D eigenvalue weighted by molar-refractivity contribution is 8.00. The van der Waals surface area contributed by atoms with Gasteiger partial charge in [-0.05, 0) is 13.3 Å². The largest absolute Gasteiger partial charge is 0.389 e. The lowest BCUT2D eigenvalue weighted by molar-refractivity contribution is 0.0642. The van der Waals surface area contributed by atoms with Gasteiger partial charge in [-0.25, -0.2) is 4.98 Å². The molecule has 2 heterocycles. The molecule has 2 unspecified atom stereocenters. The topological polar surface area (TPSA) is 33.1 Å². The molecule has 0 radical (unpaired) electrons. The quantitative estimate of drug-likeness (QED) is 0.844. The van der Waals surface area contributed by atoms with Crippen LogP contribution in [0.1, 0.15) is 24.0 Å². The summed E-state index contributed by atoms with van der Waals surface area (Å²) in [7, 11) is 0. The Hall–Kier alpha value is -0.0600. The molecule has 2 atom stereocenters. The zero-order valence-corrected chi connectivity index (χ0v) is 10.1. The van der Waals surface area contributed by atoms with Gasteiger partial charge >= 0.3 is 0 Å². The number of nitrogens with zero attached hydrogens (tertiary/aromatic N) is 1. The summed E-state index contributed by atoms with van der Waals surface area (Å²) in [6.45, 7) is 4.17. The van der Waals surface area contributed by atoms with Crippen LogP contribution in [0.15, 0.2) is 5.38 Å². The van der Waals surface area contributed by atoms with E-state index in [-0.39, 0.29) is 0 Å². The van der Waals surface area contributed by atoms with Crippen LogP contribution < -0.4 is 0 Å². The molecule has 1 aromatic rings. The molecule has 0 spiro atoms. The maximum absolute atomic E-state index is 10.3. The van der Waals surface area contributed by atoms with Crippen LogP contribution in [0.2, 0.25) is 0 Å². The van der Waals surface area contributed by atoms with Gasteiger partial charge in [0.1, 0.15) is 0 Å². The molecule has 1 aromatic heterocycles. The van der Waals surface area contributed by atoms with Gasteiger partial charge in [0.2, 0.25) is 0 Å². The Balaban J connectivity index is 2.03. The Morgan fingerprint density at radius 2 is 2.50 bits per heavy atom. The van der Waals surface area contributed by atoms with Crippen molar-refractivity contribution in [1.29, 1.82) is 0 Å². The van der Waals surface area contributed by atoms with E-state index in [1.165, 1.54) is 0 Å². The number of rotatable bonds is 2.